The number of aromatic carboxylic acids is 1. The molecule has 29 heavy (non-hydrogen) atoms. The molecule has 0 aliphatic heterocycles. The fraction of sp³-hybridized carbons (Fsp3) is 0.0952. The Labute approximate surface area is 177 Å². The molecule has 0 aliphatic rings. The maximum absolute atomic E-state index is 12.5. The molecular weight excluding hydrogens is 415 g/mol. The lowest BCUT2D eigenvalue weighted by Crippen LogP contribution is -2.23. The molecule has 3 rings (SSSR count). The van der Waals surface area contributed by atoms with Crippen LogP contribution in [0, 0.1) is 0 Å². The second kappa shape index (κ2) is 8.94. The van der Waals surface area contributed by atoms with E-state index in [1.165, 1.54) is 31.5 Å². The summed E-state index contributed by atoms with van der Waals surface area (Å²) >= 11 is 11.9. The number of benzene rings is 2. The van der Waals surface area contributed by atoms with Gasteiger partial charge in [-0.2, -0.15) is 0 Å². The largest absolute Gasteiger partial charge is 0.496 e. The number of hydrogen-bond donors (Lipinski definition) is 2. The third-order valence-electron chi connectivity index (χ3n) is 4.20. The highest BCUT2D eigenvalue weighted by atomic mass is 35.5. The Balaban J connectivity index is 1.85. The number of hydrogen-bond acceptors (Lipinski definition) is 4. The van der Waals surface area contributed by atoms with Crippen LogP contribution in [0.4, 0.5) is 0 Å². The van der Waals surface area contributed by atoms with Crippen molar-refractivity contribution < 1.29 is 19.4 Å². The van der Waals surface area contributed by atoms with Crippen LogP contribution in [0.3, 0.4) is 0 Å². The predicted molar refractivity (Wildman–Crippen MR) is 111 cm³/mol. The normalized spacial score (nSPS) is 10.4. The molecule has 0 unspecified atom stereocenters. The number of rotatable bonds is 6. The van der Waals surface area contributed by atoms with Crippen molar-refractivity contribution in [3.8, 4) is 17.0 Å². The molecule has 2 N–H and O–H groups in total. The van der Waals surface area contributed by atoms with Crippen LogP contribution in [0.15, 0.2) is 54.7 Å². The van der Waals surface area contributed by atoms with Crippen molar-refractivity contribution in [1.82, 2.24) is 10.3 Å². The first-order chi connectivity index (χ1) is 13.9. The Bertz CT molecular complexity index is 1090. The molecule has 6 nitrogen and oxygen atoms in total. The van der Waals surface area contributed by atoms with Crippen LogP contribution in [-0.4, -0.2) is 29.1 Å². The highest BCUT2D eigenvalue weighted by molar-refractivity contribution is 6.36. The topological polar surface area (TPSA) is 88.5 Å². The lowest BCUT2D eigenvalue weighted by atomic mass is 10.0. The number of carbonyl (C=O) groups is 2. The minimum Gasteiger partial charge on any atom is -0.496 e. The lowest BCUT2D eigenvalue weighted by molar-refractivity contribution is 0.0696. The molecule has 0 spiro atoms. The number of ether oxygens (including phenoxy) is 1. The monoisotopic (exact) mass is 430 g/mol. The maximum Gasteiger partial charge on any atom is 0.335 e. The number of pyridine rings is 1. The first kappa shape index (κ1) is 20.6. The Morgan fingerprint density at radius 2 is 1.90 bits per heavy atom. The van der Waals surface area contributed by atoms with Crippen molar-refractivity contribution in [2.45, 2.75) is 6.54 Å². The van der Waals surface area contributed by atoms with Crippen molar-refractivity contribution in [3.63, 3.8) is 0 Å². The number of halogens is 2. The molecule has 148 valence electrons. The first-order valence-corrected chi connectivity index (χ1v) is 9.24. The highest BCUT2D eigenvalue weighted by Crippen LogP contribution is 2.27. The van der Waals surface area contributed by atoms with E-state index in [0.717, 1.165) is 0 Å². The molecule has 2 aromatic carbocycles. The maximum atomic E-state index is 12.5. The quantitative estimate of drug-likeness (QED) is 0.591. The molecule has 0 saturated carbocycles. The molecule has 1 aromatic heterocycles. The predicted octanol–water partition coefficient (Wildman–Crippen LogP) is 4.69. The van der Waals surface area contributed by atoms with Gasteiger partial charge in [0.25, 0.3) is 5.91 Å². The van der Waals surface area contributed by atoms with Crippen LogP contribution >= 0.6 is 23.2 Å². The molecule has 0 aliphatic carbocycles. The van der Waals surface area contributed by atoms with Crippen molar-refractivity contribution in [2.75, 3.05) is 7.11 Å². The summed E-state index contributed by atoms with van der Waals surface area (Å²) in [7, 11) is 1.53. The van der Waals surface area contributed by atoms with Crippen LogP contribution in [0.25, 0.3) is 11.3 Å². The third-order valence-corrected chi connectivity index (χ3v) is 4.75. The molecule has 0 saturated heterocycles. The van der Waals surface area contributed by atoms with Gasteiger partial charge in [0.05, 0.1) is 29.0 Å². The number of nitrogens with one attached hydrogen (secondary N) is 1. The van der Waals surface area contributed by atoms with Gasteiger partial charge in [-0.15, -0.1) is 0 Å². The standard InChI is InChI=1S/C21H16Cl2N2O4/c1-29-19-5-2-12(18-9-13(21(27)28)6-7-24-18)8-14(19)11-25-20(26)16-4-3-15(22)10-17(16)23/h2-10H,11H2,1H3,(H,25,26)(H,27,28). The molecule has 0 atom stereocenters. The Morgan fingerprint density at radius 1 is 1.10 bits per heavy atom. The van der Waals surface area contributed by atoms with Gasteiger partial charge < -0.3 is 15.2 Å². The van der Waals surface area contributed by atoms with Gasteiger partial charge >= 0.3 is 5.97 Å². The summed E-state index contributed by atoms with van der Waals surface area (Å²) in [6.45, 7) is 0.174. The van der Waals surface area contributed by atoms with Crippen LogP contribution < -0.4 is 10.1 Å². The smallest absolute Gasteiger partial charge is 0.335 e. The van der Waals surface area contributed by atoms with Crippen LogP contribution in [-0.2, 0) is 6.54 Å². The van der Waals surface area contributed by atoms with E-state index < -0.39 is 5.97 Å². The fourth-order valence-electron chi connectivity index (χ4n) is 2.74. The zero-order chi connectivity index (χ0) is 21.0. The highest BCUT2D eigenvalue weighted by Gasteiger charge is 2.13. The van der Waals surface area contributed by atoms with Gasteiger partial charge in [-0.25, -0.2) is 4.79 Å². The second-order valence-electron chi connectivity index (χ2n) is 6.07. The van der Waals surface area contributed by atoms with E-state index >= 15 is 0 Å². The van der Waals surface area contributed by atoms with Gasteiger partial charge in [-0.05, 0) is 48.5 Å². The molecule has 3 aromatic rings. The number of nitrogens with zero attached hydrogens (tertiary/aromatic N) is 1. The molecule has 8 heteroatoms. The second-order valence-corrected chi connectivity index (χ2v) is 6.91. The van der Waals surface area contributed by atoms with Gasteiger partial charge in [-0.3, -0.25) is 9.78 Å². The van der Waals surface area contributed by atoms with Gasteiger partial charge in [-0.1, -0.05) is 23.2 Å². The fourth-order valence-corrected chi connectivity index (χ4v) is 3.24. The molecular formula is C21H16Cl2N2O4. The van der Waals surface area contributed by atoms with E-state index in [1.54, 1.807) is 30.3 Å². The van der Waals surface area contributed by atoms with Gasteiger partial charge in [0.15, 0.2) is 0 Å². The summed E-state index contributed by atoms with van der Waals surface area (Å²) in [6.07, 6.45) is 1.44. The van der Waals surface area contributed by atoms with Crippen molar-refractivity contribution >= 4 is 35.1 Å². The summed E-state index contributed by atoms with van der Waals surface area (Å²) in [4.78, 5) is 27.9. The van der Waals surface area contributed by atoms with Gasteiger partial charge in [0, 0.05) is 28.9 Å². The van der Waals surface area contributed by atoms with Crippen LogP contribution in [0.5, 0.6) is 5.75 Å². The minimum atomic E-state index is -1.03. The first-order valence-electron chi connectivity index (χ1n) is 8.49. The zero-order valence-electron chi connectivity index (χ0n) is 15.3. The van der Waals surface area contributed by atoms with Crippen LogP contribution in [0.2, 0.25) is 10.0 Å². The Morgan fingerprint density at radius 3 is 2.59 bits per heavy atom. The number of aromatic nitrogens is 1. The van der Waals surface area contributed by atoms with Crippen molar-refractivity contribution in [2.24, 2.45) is 0 Å². The number of carboxylic acid groups (broad SMARTS) is 1. The minimum absolute atomic E-state index is 0.137. The average Bonchev–Trinajstić information content (AvgIpc) is 2.71. The van der Waals surface area contributed by atoms with E-state index in [0.29, 0.717) is 33.2 Å². The van der Waals surface area contributed by atoms with E-state index in [1.807, 2.05) is 0 Å². The SMILES string of the molecule is COc1ccc(-c2cc(C(=O)O)ccn2)cc1CNC(=O)c1ccc(Cl)cc1Cl. The molecule has 0 radical (unpaired) electrons. The summed E-state index contributed by atoms with van der Waals surface area (Å²) in [6, 6.07) is 12.8. The van der Waals surface area contributed by atoms with Gasteiger partial charge in [0.2, 0.25) is 0 Å². The van der Waals surface area contributed by atoms with E-state index in [9.17, 15) is 14.7 Å². The Hall–Kier alpha value is -3.09. The molecule has 1 heterocycles. The number of amides is 1. The molecule has 0 bridgehead atoms. The van der Waals surface area contributed by atoms with Gasteiger partial charge in [0.1, 0.15) is 5.75 Å². The molecule has 0 fully saturated rings. The summed E-state index contributed by atoms with van der Waals surface area (Å²) in [5.41, 5.74) is 2.34. The Kier molecular flexibility index (Phi) is 6.36. The van der Waals surface area contributed by atoms with E-state index in [2.05, 4.69) is 10.3 Å². The van der Waals surface area contributed by atoms with E-state index in [4.69, 9.17) is 27.9 Å². The number of carbonyl (C=O) groups excluding carboxylic acids is 1. The van der Waals surface area contributed by atoms with Crippen LogP contribution in [0.1, 0.15) is 26.3 Å². The zero-order valence-corrected chi connectivity index (χ0v) is 16.8. The summed E-state index contributed by atoms with van der Waals surface area (Å²) in [5.74, 6) is -0.815. The van der Waals surface area contributed by atoms with E-state index in [-0.39, 0.29) is 23.0 Å². The number of methoxy groups -OCH3 is 1. The van der Waals surface area contributed by atoms with Crippen molar-refractivity contribution in [3.05, 3.63) is 81.5 Å². The summed E-state index contributed by atoms with van der Waals surface area (Å²) < 4.78 is 5.37. The molecule has 1 amide bonds. The summed E-state index contributed by atoms with van der Waals surface area (Å²) in [5, 5.41) is 12.7. The number of carboxylic acids is 1. The average molecular weight is 431 g/mol. The van der Waals surface area contributed by atoms with Crippen molar-refractivity contribution in [1.29, 1.82) is 0 Å². The third kappa shape index (κ3) is 4.85. The lowest BCUT2D eigenvalue weighted by Gasteiger charge is -2.12.